The Morgan fingerprint density at radius 2 is 1.78 bits per heavy atom. The fourth-order valence-corrected chi connectivity index (χ4v) is 5.04. The van der Waals surface area contributed by atoms with Crippen molar-refractivity contribution in [2.45, 2.75) is 46.0 Å². The molecule has 6 heteroatoms. The van der Waals surface area contributed by atoms with Crippen LogP contribution in [0.25, 0.3) is 33.2 Å². The molecule has 5 aromatic rings. The summed E-state index contributed by atoms with van der Waals surface area (Å²) in [5.74, 6) is 0. The minimum atomic E-state index is 0.992. The molecule has 1 aliphatic rings. The van der Waals surface area contributed by atoms with E-state index >= 15 is 0 Å². The van der Waals surface area contributed by atoms with Gasteiger partial charge in [0.15, 0.2) is 0 Å². The number of pyridine rings is 1. The molecule has 1 aliphatic heterocycles. The lowest BCUT2D eigenvalue weighted by Gasteiger charge is -2.29. The molecule has 3 N–H and O–H groups in total. The van der Waals surface area contributed by atoms with Crippen LogP contribution in [0.2, 0.25) is 0 Å². The highest BCUT2D eigenvalue weighted by molar-refractivity contribution is 5.99. The smallest absolute Gasteiger partial charge is 0.116 e. The van der Waals surface area contributed by atoms with Gasteiger partial charge in [0.1, 0.15) is 5.69 Å². The van der Waals surface area contributed by atoms with E-state index in [0.29, 0.717) is 0 Å². The first-order chi connectivity index (χ1) is 18.1. The summed E-state index contributed by atoms with van der Waals surface area (Å²) in [5.41, 5.74) is 8.90. The Labute approximate surface area is 218 Å². The van der Waals surface area contributed by atoms with E-state index in [9.17, 15) is 0 Å². The minimum absolute atomic E-state index is 0.992. The van der Waals surface area contributed by atoms with Gasteiger partial charge in [0.25, 0.3) is 0 Å². The molecular weight excluding hydrogens is 456 g/mol. The van der Waals surface area contributed by atoms with Crippen molar-refractivity contribution in [3.05, 3.63) is 84.8 Å². The van der Waals surface area contributed by atoms with Gasteiger partial charge in [0.2, 0.25) is 0 Å². The Morgan fingerprint density at radius 1 is 0.973 bits per heavy atom. The number of fused-ring (bicyclic) bond motifs is 2. The number of aromatic amines is 2. The van der Waals surface area contributed by atoms with E-state index < -0.39 is 0 Å². The van der Waals surface area contributed by atoms with Crippen molar-refractivity contribution in [2.75, 3.05) is 23.3 Å². The SMILES string of the molecule is C=C(CCC)Nc1cncc(C)c1.c1cc(N2CCCCC2)c2cc(-c3n[nH]c4ccccc34)[nH]c2c1. The van der Waals surface area contributed by atoms with Crippen LogP contribution < -0.4 is 10.2 Å². The number of hydrogen-bond donors (Lipinski definition) is 3. The van der Waals surface area contributed by atoms with Gasteiger partial charge in [0, 0.05) is 47.0 Å². The normalized spacial score (nSPS) is 13.4. The number of nitrogens with zero attached hydrogens (tertiary/aromatic N) is 3. The zero-order valence-electron chi connectivity index (χ0n) is 21.8. The molecule has 1 fully saturated rings. The maximum Gasteiger partial charge on any atom is 0.116 e. The third-order valence-electron chi connectivity index (χ3n) is 6.81. The quantitative estimate of drug-likeness (QED) is 0.226. The molecule has 6 rings (SSSR count). The molecule has 4 heterocycles. The van der Waals surface area contributed by atoms with Crippen molar-refractivity contribution in [2.24, 2.45) is 0 Å². The molecule has 190 valence electrons. The van der Waals surface area contributed by atoms with Crippen LogP contribution in [0.3, 0.4) is 0 Å². The highest BCUT2D eigenvalue weighted by atomic mass is 15.1. The van der Waals surface area contributed by atoms with Gasteiger partial charge in [-0.3, -0.25) is 10.1 Å². The summed E-state index contributed by atoms with van der Waals surface area (Å²) >= 11 is 0. The average Bonchev–Trinajstić information content (AvgIpc) is 3.54. The molecule has 3 aromatic heterocycles. The van der Waals surface area contributed by atoms with Crippen LogP contribution in [-0.4, -0.2) is 33.3 Å². The summed E-state index contributed by atoms with van der Waals surface area (Å²) < 4.78 is 0. The summed E-state index contributed by atoms with van der Waals surface area (Å²) in [6, 6.07) is 19.1. The molecule has 0 saturated carbocycles. The van der Waals surface area contributed by atoms with E-state index in [0.717, 1.165) is 65.2 Å². The standard InChI is InChI=1S/C20H20N4.C11H16N2/c1-4-11-24(12-5-1)19-10-6-9-16-15(19)13-18(21-16)20-14-7-2-3-8-17(14)22-23-20;1-4-5-10(3)13-11-6-9(2)7-12-8-11/h2-3,6-10,13,21H,1,4-5,11-12H2,(H,22,23);6-8,13H,3-5H2,1-2H3. The van der Waals surface area contributed by atoms with Gasteiger partial charge < -0.3 is 15.2 Å². The second kappa shape index (κ2) is 11.3. The van der Waals surface area contributed by atoms with Gasteiger partial charge in [-0.1, -0.05) is 44.2 Å². The van der Waals surface area contributed by atoms with Crippen LogP contribution in [-0.2, 0) is 0 Å². The van der Waals surface area contributed by atoms with Gasteiger partial charge in [-0.2, -0.15) is 5.10 Å². The number of rotatable bonds is 6. The fraction of sp³-hybridized carbons (Fsp3) is 0.290. The van der Waals surface area contributed by atoms with E-state index in [1.165, 1.54) is 35.9 Å². The Morgan fingerprint density at radius 3 is 2.59 bits per heavy atom. The van der Waals surface area contributed by atoms with Crippen LogP contribution in [0.1, 0.15) is 44.6 Å². The first kappa shape index (κ1) is 24.6. The van der Waals surface area contributed by atoms with E-state index in [-0.39, 0.29) is 0 Å². The molecule has 0 radical (unpaired) electrons. The van der Waals surface area contributed by atoms with Crippen molar-refractivity contribution in [3.8, 4) is 11.4 Å². The predicted molar refractivity (Wildman–Crippen MR) is 156 cm³/mol. The number of benzene rings is 2. The van der Waals surface area contributed by atoms with Gasteiger partial charge in [-0.25, -0.2) is 0 Å². The van der Waals surface area contributed by atoms with Crippen molar-refractivity contribution in [1.82, 2.24) is 20.2 Å². The third-order valence-corrected chi connectivity index (χ3v) is 6.81. The summed E-state index contributed by atoms with van der Waals surface area (Å²) in [4.78, 5) is 10.2. The van der Waals surface area contributed by atoms with E-state index in [1.54, 1.807) is 0 Å². The summed E-state index contributed by atoms with van der Waals surface area (Å²) in [7, 11) is 0. The topological polar surface area (TPSA) is 72.6 Å². The molecule has 0 atom stereocenters. The van der Waals surface area contributed by atoms with Gasteiger partial charge in [-0.05, 0) is 68.5 Å². The van der Waals surface area contributed by atoms with Crippen LogP contribution in [0.5, 0.6) is 0 Å². The third kappa shape index (κ3) is 5.69. The highest BCUT2D eigenvalue weighted by Crippen LogP contribution is 2.34. The number of piperidine rings is 1. The fourth-order valence-electron chi connectivity index (χ4n) is 5.04. The lowest BCUT2D eigenvalue weighted by Crippen LogP contribution is -2.29. The van der Waals surface area contributed by atoms with E-state index in [4.69, 9.17) is 0 Å². The monoisotopic (exact) mass is 492 g/mol. The Bertz CT molecular complexity index is 1490. The van der Waals surface area contributed by atoms with E-state index in [1.807, 2.05) is 25.4 Å². The molecular formula is C31H36N6. The van der Waals surface area contributed by atoms with Crippen molar-refractivity contribution in [3.63, 3.8) is 0 Å². The molecule has 37 heavy (non-hydrogen) atoms. The zero-order valence-corrected chi connectivity index (χ0v) is 21.8. The minimum Gasteiger partial charge on any atom is -0.371 e. The molecule has 0 bridgehead atoms. The second-order valence-corrected chi connectivity index (χ2v) is 9.82. The maximum atomic E-state index is 4.53. The first-order valence-corrected chi connectivity index (χ1v) is 13.3. The van der Waals surface area contributed by atoms with Crippen molar-refractivity contribution < 1.29 is 0 Å². The van der Waals surface area contributed by atoms with Crippen LogP contribution in [0.15, 0.2) is 79.3 Å². The van der Waals surface area contributed by atoms with Crippen LogP contribution in [0, 0.1) is 6.92 Å². The molecule has 1 saturated heterocycles. The Balaban J connectivity index is 0.000000184. The zero-order chi connectivity index (χ0) is 25.6. The maximum absolute atomic E-state index is 4.53. The Kier molecular flexibility index (Phi) is 7.54. The predicted octanol–water partition coefficient (Wildman–Crippen LogP) is 7.82. The van der Waals surface area contributed by atoms with Crippen LogP contribution in [0.4, 0.5) is 11.4 Å². The van der Waals surface area contributed by atoms with Crippen molar-refractivity contribution in [1.29, 1.82) is 0 Å². The number of para-hydroxylation sites is 1. The highest BCUT2D eigenvalue weighted by Gasteiger charge is 2.16. The number of aryl methyl sites for hydroxylation is 1. The second-order valence-electron chi connectivity index (χ2n) is 9.82. The number of nitrogens with one attached hydrogen (secondary N) is 3. The molecule has 0 aliphatic carbocycles. The largest absolute Gasteiger partial charge is 0.371 e. The van der Waals surface area contributed by atoms with Crippen LogP contribution >= 0.6 is 0 Å². The lowest BCUT2D eigenvalue weighted by atomic mass is 10.1. The molecule has 0 spiro atoms. The number of aromatic nitrogens is 4. The number of allylic oxidation sites excluding steroid dienone is 1. The average molecular weight is 493 g/mol. The summed E-state index contributed by atoms with van der Waals surface area (Å²) in [6.07, 6.45) is 9.71. The number of hydrogen-bond acceptors (Lipinski definition) is 4. The molecule has 6 nitrogen and oxygen atoms in total. The van der Waals surface area contributed by atoms with Gasteiger partial charge in [0.05, 0.1) is 23.1 Å². The van der Waals surface area contributed by atoms with Crippen molar-refractivity contribution >= 4 is 33.2 Å². The summed E-state index contributed by atoms with van der Waals surface area (Å²) in [6.45, 7) is 10.4. The summed E-state index contributed by atoms with van der Waals surface area (Å²) in [5, 5.41) is 13.3. The molecule has 0 amide bonds. The Hall–Kier alpha value is -4.06. The number of H-pyrrole nitrogens is 2. The number of anilines is 2. The van der Waals surface area contributed by atoms with Gasteiger partial charge >= 0.3 is 0 Å². The van der Waals surface area contributed by atoms with Gasteiger partial charge in [-0.15, -0.1) is 0 Å². The van der Waals surface area contributed by atoms with E-state index in [2.05, 4.69) is 92.4 Å². The first-order valence-electron chi connectivity index (χ1n) is 13.3. The molecule has 2 aromatic carbocycles. The lowest BCUT2D eigenvalue weighted by molar-refractivity contribution is 0.579. The molecule has 0 unspecified atom stereocenters.